The van der Waals surface area contributed by atoms with Crippen molar-refractivity contribution in [3.63, 3.8) is 0 Å². The van der Waals surface area contributed by atoms with Crippen LogP contribution in [0.25, 0.3) is 23.1 Å². The summed E-state index contributed by atoms with van der Waals surface area (Å²) >= 11 is 0. The van der Waals surface area contributed by atoms with Gasteiger partial charge >= 0.3 is 5.97 Å². The van der Waals surface area contributed by atoms with E-state index in [1.54, 1.807) is 36.4 Å². The van der Waals surface area contributed by atoms with Crippen LogP contribution in [0.4, 0.5) is 0 Å². The second-order valence-corrected chi connectivity index (χ2v) is 5.21. The van der Waals surface area contributed by atoms with Crippen LogP contribution in [-0.4, -0.2) is 28.3 Å². The van der Waals surface area contributed by atoms with Gasteiger partial charge in [-0.1, -0.05) is 24.3 Å². The van der Waals surface area contributed by atoms with Crippen molar-refractivity contribution >= 4 is 29.0 Å². The number of phenolic OH excluding ortho intramolecular Hbond substituents is 1. The van der Waals surface area contributed by atoms with Crippen LogP contribution < -0.4 is 4.74 Å². The first-order valence-corrected chi connectivity index (χ1v) is 7.26. The van der Waals surface area contributed by atoms with Gasteiger partial charge in [-0.15, -0.1) is 0 Å². The fourth-order valence-corrected chi connectivity index (χ4v) is 2.34. The lowest BCUT2D eigenvalue weighted by Gasteiger charge is -2.04. The van der Waals surface area contributed by atoms with E-state index in [0.717, 1.165) is 10.9 Å². The molecule has 24 heavy (non-hydrogen) atoms. The maximum absolute atomic E-state index is 11.1. The second kappa shape index (κ2) is 6.42. The minimum Gasteiger partial charge on any atom is -0.504 e. The number of pyridine rings is 1. The Kier molecular flexibility index (Phi) is 4.16. The maximum Gasteiger partial charge on any atom is 0.335 e. The Hall–Kier alpha value is -3.34. The predicted octanol–water partition coefficient (Wildman–Crippen LogP) is 3.82. The molecule has 5 nitrogen and oxygen atoms in total. The number of rotatable bonds is 4. The number of ether oxygens (including phenoxy) is 1. The van der Waals surface area contributed by atoms with Gasteiger partial charge < -0.3 is 14.9 Å². The molecule has 0 amide bonds. The Morgan fingerprint density at radius 3 is 2.62 bits per heavy atom. The van der Waals surface area contributed by atoms with E-state index in [4.69, 9.17) is 9.84 Å². The summed E-state index contributed by atoms with van der Waals surface area (Å²) in [6.07, 6.45) is 3.66. The summed E-state index contributed by atoms with van der Waals surface area (Å²) in [5.41, 5.74) is 2.39. The van der Waals surface area contributed by atoms with E-state index in [0.29, 0.717) is 17.0 Å². The third kappa shape index (κ3) is 3.20. The van der Waals surface area contributed by atoms with E-state index in [1.165, 1.54) is 7.11 Å². The zero-order chi connectivity index (χ0) is 17.1. The summed E-state index contributed by atoms with van der Waals surface area (Å²) in [6.45, 7) is 0. The minimum absolute atomic E-state index is 0.0830. The molecule has 0 saturated carbocycles. The highest BCUT2D eigenvalue weighted by molar-refractivity contribution is 5.93. The SMILES string of the molecule is COc1cc(/C=C/c2ccc3ccc(C(=O)O)cc3n2)ccc1O. The first-order valence-electron chi connectivity index (χ1n) is 7.26. The van der Waals surface area contributed by atoms with Crippen LogP contribution in [0.1, 0.15) is 21.6 Å². The molecule has 0 aliphatic heterocycles. The molecule has 120 valence electrons. The molecule has 5 heteroatoms. The van der Waals surface area contributed by atoms with Gasteiger partial charge in [0.15, 0.2) is 11.5 Å². The lowest BCUT2D eigenvalue weighted by Crippen LogP contribution is -1.96. The van der Waals surface area contributed by atoms with Crippen molar-refractivity contribution in [3.8, 4) is 11.5 Å². The average Bonchev–Trinajstić information content (AvgIpc) is 2.60. The van der Waals surface area contributed by atoms with Gasteiger partial charge in [0, 0.05) is 5.39 Å². The number of benzene rings is 2. The molecule has 1 heterocycles. The van der Waals surface area contributed by atoms with Gasteiger partial charge in [-0.3, -0.25) is 0 Å². The van der Waals surface area contributed by atoms with Gasteiger partial charge in [0.1, 0.15) is 0 Å². The summed E-state index contributed by atoms with van der Waals surface area (Å²) in [5.74, 6) is -0.495. The highest BCUT2D eigenvalue weighted by Crippen LogP contribution is 2.27. The van der Waals surface area contributed by atoms with Crippen molar-refractivity contribution < 1.29 is 19.7 Å². The summed E-state index contributed by atoms with van der Waals surface area (Å²) in [5, 5.41) is 19.5. The van der Waals surface area contributed by atoms with Crippen molar-refractivity contribution in [1.82, 2.24) is 4.98 Å². The number of aromatic carboxylic acids is 1. The number of aromatic hydroxyl groups is 1. The fraction of sp³-hybridized carbons (Fsp3) is 0.0526. The van der Waals surface area contributed by atoms with E-state index in [-0.39, 0.29) is 11.3 Å². The highest BCUT2D eigenvalue weighted by Gasteiger charge is 2.05. The van der Waals surface area contributed by atoms with E-state index >= 15 is 0 Å². The smallest absolute Gasteiger partial charge is 0.335 e. The van der Waals surface area contributed by atoms with Crippen molar-refractivity contribution in [2.45, 2.75) is 0 Å². The Labute approximate surface area is 138 Å². The topological polar surface area (TPSA) is 79.7 Å². The number of aromatic nitrogens is 1. The van der Waals surface area contributed by atoms with Crippen molar-refractivity contribution in [1.29, 1.82) is 0 Å². The summed E-state index contributed by atoms with van der Waals surface area (Å²) in [7, 11) is 1.49. The Bertz CT molecular complexity index is 947. The van der Waals surface area contributed by atoms with Gasteiger partial charge in [-0.05, 0) is 42.0 Å². The molecular weight excluding hydrogens is 306 g/mol. The van der Waals surface area contributed by atoms with Crippen LogP contribution in [0.3, 0.4) is 0 Å². The molecule has 0 radical (unpaired) electrons. The summed E-state index contributed by atoms with van der Waals surface area (Å²) < 4.78 is 5.08. The average molecular weight is 321 g/mol. The zero-order valence-corrected chi connectivity index (χ0v) is 12.9. The number of fused-ring (bicyclic) bond motifs is 1. The predicted molar refractivity (Wildman–Crippen MR) is 92.3 cm³/mol. The zero-order valence-electron chi connectivity index (χ0n) is 12.9. The number of methoxy groups -OCH3 is 1. The molecule has 0 fully saturated rings. The molecule has 0 aliphatic carbocycles. The highest BCUT2D eigenvalue weighted by atomic mass is 16.5. The first kappa shape index (κ1) is 15.6. The Morgan fingerprint density at radius 2 is 1.88 bits per heavy atom. The molecule has 2 N–H and O–H groups in total. The Balaban J connectivity index is 1.93. The number of carboxylic acids is 1. The fourth-order valence-electron chi connectivity index (χ4n) is 2.34. The van der Waals surface area contributed by atoms with E-state index in [2.05, 4.69) is 4.98 Å². The molecule has 2 aromatic carbocycles. The number of hydrogen-bond acceptors (Lipinski definition) is 4. The molecule has 0 atom stereocenters. The molecule has 0 spiro atoms. The number of phenols is 1. The molecule has 1 aromatic heterocycles. The van der Waals surface area contributed by atoms with Crippen LogP contribution in [0.5, 0.6) is 11.5 Å². The number of carbonyl (C=O) groups is 1. The molecule has 3 aromatic rings. The normalized spacial score (nSPS) is 11.0. The van der Waals surface area contributed by atoms with Crippen LogP contribution in [0, 0.1) is 0 Å². The molecule has 3 rings (SSSR count). The molecular formula is C19H15NO4. The second-order valence-electron chi connectivity index (χ2n) is 5.21. The van der Waals surface area contributed by atoms with Gasteiger partial charge in [-0.25, -0.2) is 9.78 Å². The van der Waals surface area contributed by atoms with Gasteiger partial charge in [-0.2, -0.15) is 0 Å². The molecule has 0 unspecified atom stereocenters. The standard InChI is InChI=1S/C19H15NO4/c1-24-18-10-12(3-9-17(18)21)2-7-15-8-6-13-4-5-14(19(22)23)11-16(13)20-15/h2-11,21H,1H3,(H,22,23)/b7-2+. The van der Waals surface area contributed by atoms with Crippen molar-refractivity contribution in [2.75, 3.05) is 7.11 Å². The van der Waals surface area contributed by atoms with Gasteiger partial charge in [0.25, 0.3) is 0 Å². The molecule has 0 aliphatic rings. The first-order chi connectivity index (χ1) is 11.6. The molecule has 0 saturated heterocycles. The Morgan fingerprint density at radius 1 is 1.08 bits per heavy atom. The summed E-state index contributed by atoms with van der Waals surface area (Å²) in [6, 6.07) is 13.6. The van der Waals surface area contributed by atoms with E-state index < -0.39 is 5.97 Å². The van der Waals surface area contributed by atoms with Crippen LogP contribution >= 0.6 is 0 Å². The summed E-state index contributed by atoms with van der Waals surface area (Å²) in [4.78, 5) is 15.5. The number of carboxylic acid groups (broad SMARTS) is 1. The van der Waals surface area contributed by atoms with Crippen LogP contribution in [-0.2, 0) is 0 Å². The van der Waals surface area contributed by atoms with Crippen LogP contribution in [0.2, 0.25) is 0 Å². The third-order valence-corrected chi connectivity index (χ3v) is 3.61. The van der Waals surface area contributed by atoms with Gasteiger partial charge in [0.05, 0.1) is 23.9 Å². The molecule has 0 bridgehead atoms. The lowest BCUT2D eigenvalue weighted by atomic mass is 10.1. The third-order valence-electron chi connectivity index (χ3n) is 3.61. The lowest BCUT2D eigenvalue weighted by molar-refractivity contribution is 0.0697. The van der Waals surface area contributed by atoms with Crippen molar-refractivity contribution in [3.05, 3.63) is 65.4 Å². The largest absolute Gasteiger partial charge is 0.504 e. The maximum atomic E-state index is 11.1. The van der Waals surface area contributed by atoms with Crippen LogP contribution in [0.15, 0.2) is 48.5 Å². The number of hydrogen-bond donors (Lipinski definition) is 2. The van der Waals surface area contributed by atoms with Crippen molar-refractivity contribution in [2.24, 2.45) is 0 Å². The van der Waals surface area contributed by atoms with Gasteiger partial charge in [0.2, 0.25) is 0 Å². The quantitative estimate of drug-likeness (QED) is 0.763. The minimum atomic E-state index is -0.976. The van der Waals surface area contributed by atoms with E-state index in [1.807, 2.05) is 24.3 Å². The monoisotopic (exact) mass is 321 g/mol. The van der Waals surface area contributed by atoms with E-state index in [9.17, 15) is 9.90 Å². The number of nitrogens with zero attached hydrogens (tertiary/aromatic N) is 1.